The van der Waals surface area contributed by atoms with E-state index in [1.165, 1.54) is 58.2 Å². The molecule has 0 aromatic carbocycles. The highest BCUT2D eigenvalue weighted by Crippen LogP contribution is 2.06. The molecule has 1 saturated heterocycles. The van der Waals surface area contributed by atoms with E-state index < -0.39 is 0 Å². The Labute approximate surface area is 135 Å². The molecule has 0 unspecified atom stereocenters. The van der Waals surface area contributed by atoms with Gasteiger partial charge in [0.15, 0.2) is 5.96 Å². The molecule has 0 aliphatic carbocycles. The molecular weight excluding hydrogens is 351 g/mol. The lowest BCUT2D eigenvalue weighted by Crippen LogP contribution is -2.39. The summed E-state index contributed by atoms with van der Waals surface area (Å²) >= 11 is 0. The molecule has 4 nitrogen and oxygen atoms in total. The second-order valence-corrected chi connectivity index (χ2v) is 5.04. The first-order valence-corrected chi connectivity index (χ1v) is 7.53. The summed E-state index contributed by atoms with van der Waals surface area (Å²) in [5.74, 6) is 0.951. The molecule has 0 bridgehead atoms. The predicted molar refractivity (Wildman–Crippen MR) is 94.6 cm³/mol. The highest BCUT2D eigenvalue weighted by molar-refractivity contribution is 14.0. The van der Waals surface area contributed by atoms with Crippen molar-refractivity contribution in [3.8, 4) is 0 Å². The van der Waals surface area contributed by atoms with E-state index in [1.807, 2.05) is 7.05 Å². The average molecular weight is 382 g/mol. The van der Waals surface area contributed by atoms with E-state index in [2.05, 4.69) is 27.4 Å². The molecular formula is C14H31IN4. The Morgan fingerprint density at radius 2 is 1.68 bits per heavy atom. The zero-order chi connectivity index (χ0) is 13.1. The lowest BCUT2D eigenvalue weighted by molar-refractivity contribution is 0.334. The summed E-state index contributed by atoms with van der Waals surface area (Å²) in [6.07, 6.45) is 7.76. The number of aliphatic imine (C=N–C) groups is 1. The Bertz CT molecular complexity index is 227. The standard InChI is InChI=1S/C14H30N4.HI/c1-3-4-5-9-16-14(15-2)17-10-8-13-18-11-6-7-12-18;/h3-13H2,1-2H3,(H2,15,16,17);1H. The summed E-state index contributed by atoms with van der Waals surface area (Å²) in [5, 5.41) is 6.74. The third kappa shape index (κ3) is 9.49. The number of hydrogen-bond donors (Lipinski definition) is 2. The first-order valence-electron chi connectivity index (χ1n) is 7.53. The monoisotopic (exact) mass is 382 g/mol. The Morgan fingerprint density at radius 3 is 2.26 bits per heavy atom. The molecule has 0 saturated carbocycles. The molecule has 0 atom stereocenters. The van der Waals surface area contributed by atoms with Crippen LogP contribution in [0.15, 0.2) is 4.99 Å². The summed E-state index contributed by atoms with van der Waals surface area (Å²) in [4.78, 5) is 6.79. The van der Waals surface area contributed by atoms with Crippen molar-refractivity contribution < 1.29 is 0 Å². The van der Waals surface area contributed by atoms with Gasteiger partial charge in [0.2, 0.25) is 0 Å². The molecule has 5 heteroatoms. The van der Waals surface area contributed by atoms with E-state index in [-0.39, 0.29) is 24.0 Å². The largest absolute Gasteiger partial charge is 0.356 e. The van der Waals surface area contributed by atoms with Crippen LogP contribution in [-0.2, 0) is 0 Å². The van der Waals surface area contributed by atoms with Gasteiger partial charge in [-0.15, -0.1) is 24.0 Å². The van der Waals surface area contributed by atoms with Gasteiger partial charge in [-0.25, -0.2) is 0 Å². The fourth-order valence-corrected chi connectivity index (χ4v) is 2.32. The van der Waals surface area contributed by atoms with Crippen molar-refractivity contribution in [3.05, 3.63) is 0 Å². The molecule has 0 spiro atoms. The molecule has 1 aliphatic rings. The molecule has 1 heterocycles. The van der Waals surface area contributed by atoms with Gasteiger partial charge in [0.05, 0.1) is 0 Å². The van der Waals surface area contributed by atoms with Crippen LogP contribution in [0.25, 0.3) is 0 Å². The summed E-state index contributed by atoms with van der Waals surface area (Å²) < 4.78 is 0. The maximum atomic E-state index is 4.24. The van der Waals surface area contributed by atoms with Gasteiger partial charge in [0.1, 0.15) is 0 Å². The van der Waals surface area contributed by atoms with Gasteiger partial charge in [-0.05, 0) is 45.3 Å². The fraction of sp³-hybridized carbons (Fsp3) is 0.929. The van der Waals surface area contributed by atoms with Crippen molar-refractivity contribution in [2.75, 3.05) is 39.8 Å². The normalized spacial score (nSPS) is 16.2. The molecule has 19 heavy (non-hydrogen) atoms. The van der Waals surface area contributed by atoms with E-state index in [4.69, 9.17) is 0 Å². The lowest BCUT2D eigenvalue weighted by atomic mass is 10.2. The molecule has 2 N–H and O–H groups in total. The zero-order valence-corrected chi connectivity index (χ0v) is 14.9. The Balaban J connectivity index is 0.00000324. The van der Waals surface area contributed by atoms with Gasteiger partial charge in [-0.1, -0.05) is 19.8 Å². The molecule has 0 radical (unpaired) electrons. The van der Waals surface area contributed by atoms with E-state index in [9.17, 15) is 0 Å². The fourth-order valence-electron chi connectivity index (χ4n) is 2.32. The third-order valence-corrected chi connectivity index (χ3v) is 3.44. The Hall–Kier alpha value is -0.0400. The first kappa shape index (κ1) is 19.0. The number of hydrogen-bond acceptors (Lipinski definition) is 2. The highest BCUT2D eigenvalue weighted by Gasteiger charge is 2.10. The quantitative estimate of drug-likeness (QED) is 0.293. The molecule has 0 aromatic heterocycles. The second kappa shape index (κ2) is 13.0. The predicted octanol–water partition coefficient (Wildman–Crippen LogP) is 2.45. The molecule has 1 fully saturated rings. The maximum absolute atomic E-state index is 4.24. The van der Waals surface area contributed by atoms with Crippen molar-refractivity contribution in [2.45, 2.75) is 45.4 Å². The van der Waals surface area contributed by atoms with E-state index >= 15 is 0 Å². The smallest absolute Gasteiger partial charge is 0.190 e. The van der Waals surface area contributed by atoms with Crippen LogP contribution in [-0.4, -0.2) is 50.6 Å². The van der Waals surface area contributed by atoms with Crippen molar-refractivity contribution >= 4 is 29.9 Å². The lowest BCUT2D eigenvalue weighted by Gasteiger charge is -2.15. The topological polar surface area (TPSA) is 39.7 Å². The Kier molecular flexibility index (Phi) is 12.9. The summed E-state index contributed by atoms with van der Waals surface area (Å²) in [7, 11) is 1.84. The van der Waals surface area contributed by atoms with E-state index in [0.717, 1.165) is 19.0 Å². The number of unbranched alkanes of at least 4 members (excludes halogenated alkanes) is 2. The van der Waals surface area contributed by atoms with Crippen LogP contribution >= 0.6 is 24.0 Å². The summed E-state index contributed by atoms with van der Waals surface area (Å²) in [5.41, 5.74) is 0. The van der Waals surface area contributed by atoms with Crippen LogP contribution in [0.2, 0.25) is 0 Å². The number of halogens is 1. The van der Waals surface area contributed by atoms with Crippen molar-refractivity contribution in [3.63, 3.8) is 0 Å². The zero-order valence-electron chi connectivity index (χ0n) is 12.6. The van der Waals surface area contributed by atoms with E-state index in [0.29, 0.717) is 0 Å². The van der Waals surface area contributed by atoms with Crippen LogP contribution < -0.4 is 10.6 Å². The van der Waals surface area contributed by atoms with Crippen LogP contribution in [0.1, 0.15) is 45.4 Å². The van der Waals surface area contributed by atoms with Crippen LogP contribution in [0.4, 0.5) is 0 Å². The minimum atomic E-state index is 0. The van der Waals surface area contributed by atoms with Gasteiger partial charge in [0.25, 0.3) is 0 Å². The molecule has 0 amide bonds. The molecule has 0 aromatic rings. The van der Waals surface area contributed by atoms with Crippen LogP contribution in [0, 0.1) is 0 Å². The van der Waals surface area contributed by atoms with Crippen LogP contribution in [0.3, 0.4) is 0 Å². The van der Waals surface area contributed by atoms with Crippen molar-refractivity contribution in [1.29, 1.82) is 0 Å². The second-order valence-electron chi connectivity index (χ2n) is 5.04. The van der Waals surface area contributed by atoms with Gasteiger partial charge in [-0.2, -0.15) is 0 Å². The number of nitrogens with zero attached hydrogens (tertiary/aromatic N) is 2. The van der Waals surface area contributed by atoms with Crippen molar-refractivity contribution in [2.24, 2.45) is 4.99 Å². The SMILES string of the molecule is CCCCCNC(=NC)NCCCN1CCCC1.I. The van der Waals surface area contributed by atoms with Crippen molar-refractivity contribution in [1.82, 2.24) is 15.5 Å². The molecule has 114 valence electrons. The highest BCUT2D eigenvalue weighted by atomic mass is 127. The van der Waals surface area contributed by atoms with Gasteiger partial charge in [0, 0.05) is 20.1 Å². The minimum Gasteiger partial charge on any atom is -0.356 e. The molecule has 1 aliphatic heterocycles. The maximum Gasteiger partial charge on any atom is 0.190 e. The number of nitrogens with one attached hydrogen (secondary N) is 2. The minimum absolute atomic E-state index is 0. The van der Waals surface area contributed by atoms with Gasteiger partial charge in [-0.3, -0.25) is 4.99 Å². The van der Waals surface area contributed by atoms with Gasteiger partial charge >= 0.3 is 0 Å². The average Bonchev–Trinajstić information content (AvgIpc) is 2.90. The number of rotatable bonds is 8. The third-order valence-electron chi connectivity index (χ3n) is 3.44. The van der Waals surface area contributed by atoms with E-state index in [1.54, 1.807) is 0 Å². The molecule has 1 rings (SSSR count). The van der Waals surface area contributed by atoms with Gasteiger partial charge < -0.3 is 15.5 Å². The number of guanidine groups is 1. The summed E-state index contributed by atoms with van der Waals surface area (Å²) in [6, 6.07) is 0. The van der Waals surface area contributed by atoms with Crippen LogP contribution in [0.5, 0.6) is 0 Å². The Morgan fingerprint density at radius 1 is 1.05 bits per heavy atom. The first-order chi connectivity index (χ1) is 8.86. The number of likely N-dealkylation sites (tertiary alicyclic amines) is 1. The summed E-state index contributed by atoms with van der Waals surface area (Å²) in [6.45, 7) is 8.09.